The Hall–Kier alpha value is -3.02. The molecule has 2 aromatic rings. The molecule has 26 heavy (non-hydrogen) atoms. The maximum absolute atomic E-state index is 12.1. The van der Waals surface area contributed by atoms with Gasteiger partial charge in [0.05, 0.1) is 27.2 Å². The fourth-order valence-corrected chi connectivity index (χ4v) is 2.40. The standard InChI is InChI=1S/C20H23NO5/c1-14(22)15-4-9-19(25-3)16(12-15)13-20(23)21-10-11-26-18-7-5-17(24-2)6-8-18/h4-9,12H,10-11,13H2,1-3H3,(H,21,23). The van der Waals surface area contributed by atoms with E-state index < -0.39 is 0 Å². The van der Waals surface area contributed by atoms with Crippen LogP contribution in [0.15, 0.2) is 42.5 Å². The SMILES string of the molecule is COc1ccc(OCCNC(=O)Cc2cc(C(C)=O)ccc2OC)cc1. The van der Waals surface area contributed by atoms with Crippen LogP contribution in [-0.4, -0.2) is 39.1 Å². The summed E-state index contributed by atoms with van der Waals surface area (Å²) in [5.74, 6) is 1.83. The first-order valence-corrected chi connectivity index (χ1v) is 8.25. The summed E-state index contributed by atoms with van der Waals surface area (Å²) in [6.07, 6.45) is 0.132. The van der Waals surface area contributed by atoms with Gasteiger partial charge in [-0.1, -0.05) is 0 Å². The lowest BCUT2D eigenvalue weighted by molar-refractivity contribution is -0.120. The molecule has 138 valence electrons. The van der Waals surface area contributed by atoms with Gasteiger partial charge in [0, 0.05) is 11.1 Å². The second kappa shape index (κ2) is 9.46. The van der Waals surface area contributed by atoms with Gasteiger partial charge in [-0.25, -0.2) is 0 Å². The van der Waals surface area contributed by atoms with E-state index in [2.05, 4.69) is 5.32 Å². The maximum Gasteiger partial charge on any atom is 0.224 e. The Morgan fingerprint density at radius 2 is 1.65 bits per heavy atom. The number of nitrogens with one attached hydrogen (secondary N) is 1. The van der Waals surface area contributed by atoms with Gasteiger partial charge in [0.15, 0.2) is 5.78 Å². The molecule has 6 heteroatoms. The minimum absolute atomic E-state index is 0.0535. The number of ketones is 1. The van der Waals surface area contributed by atoms with Gasteiger partial charge in [-0.15, -0.1) is 0 Å². The summed E-state index contributed by atoms with van der Waals surface area (Å²) in [6, 6.07) is 12.3. The monoisotopic (exact) mass is 357 g/mol. The molecule has 6 nitrogen and oxygen atoms in total. The molecule has 1 N–H and O–H groups in total. The van der Waals surface area contributed by atoms with Gasteiger partial charge in [-0.3, -0.25) is 9.59 Å². The van der Waals surface area contributed by atoms with Gasteiger partial charge >= 0.3 is 0 Å². The van der Waals surface area contributed by atoms with Gasteiger partial charge in [-0.05, 0) is 49.4 Å². The van der Waals surface area contributed by atoms with Crippen molar-refractivity contribution < 1.29 is 23.8 Å². The quantitative estimate of drug-likeness (QED) is 0.552. The first kappa shape index (κ1) is 19.3. The van der Waals surface area contributed by atoms with Crippen LogP contribution < -0.4 is 19.5 Å². The van der Waals surface area contributed by atoms with Crippen LogP contribution in [0.2, 0.25) is 0 Å². The summed E-state index contributed by atoms with van der Waals surface area (Å²) in [6.45, 7) is 2.21. The molecule has 2 rings (SSSR count). The van der Waals surface area contributed by atoms with Crippen LogP contribution in [-0.2, 0) is 11.2 Å². The largest absolute Gasteiger partial charge is 0.497 e. The number of hydrogen-bond donors (Lipinski definition) is 1. The van der Waals surface area contributed by atoms with Crippen molar-refractivity contribution in [2.24, 2.45) is 0 Å². The van der Waals surface area contributed by atoms with E-state index in [-0.39, 0.29) is 18.1 Å². The van der Waals surface area contributed by atoms with E-state index in [1.165, 1.54) is 14.0 Å². The van der Waals surface area contributed by atoms with E-state index in [1.807, 2.05) is 12.1 Å². The number of methoxy groups -OCH3 is 2. The molecule has 0 saturated carbocycles. The highest BCUT2D eigenvalue weighted by atomic mass is 16.5. The van der Waals surface area contributed by atoms with Gasteiger partial charge in [0.25, 0.3) is 0 Å². The Morgan fingerprint density at radius 1 is 0.962 bits per heavy atom. The average molecular weight is 357 g/mol. The zero-order valence-electron chi connectivity index (χ0n) is 15.2. The van der Waals surface area contributed by atoms with Crippen molar-refractivity contribution in [1.29, 1.82) is 0 Å². The first-order chi connectivity index (χ1) is 12.5. The molecule has 0 aliphatic rings. The molecule has 0 fully saturated rings. The summed E-state index contributed by atoms with van der Waals surface area (Å²) in [5.41, 5.74) is 1.23. The number of Topliss-reactive ketones (excluding diaryl/α,β-unsaturated/α-hetero) is 1. The van der Waals surface area contributed by atoms with Crippen LogP contribution in [0.5, 0.6) is 17.2 Å². The number of carbonyl (C=O) groups excluding carboxylic acids is 2. The third-order valence-corrected chi connectivity index (χ3v) is 3.79. The highest BCUT2D eigenvalue weighted by molar-refractivity contribution is 5.94. The van der Waals surface area contributed by atoms with E-state index in [1.54, 1.807) is 37.4 Å². The van der Waals surface area contributed by atoms with Gasteiger partial charge < -0.3 is 19.5 Å². The second-order valence-corrected chi connectivity index (χ2v) is 5.63. The molecule has 0 aliphatic carbocycles. The van der Waals surface area contributed by atoms with Gasteiger partial charge in [0.2, 0.25) is 5.91 Å². The van der Waals surface area contributed by atoms with Crippen LogP contribution >= 0.6 is 0 Å². The van der Waals surface area contributed by atoms with Crippen LogP contribution in [0, 0.1) is 0 Å². The highest BCUT2D eigenvalue weighted by Gasteiger charge is 2.11. The summed E-state index contributed by atoms with van der Waals surface area (Å²) in [7, 11) is 3.14. The number of amides is 1. The molecule has 2 aromatic carbocycles. The Balaban J connectivity index is 1.82. The maximum atomic E-state index is 12.1. The van der Waals surface area contributed by atoms with E-state index in [0.717, 1.165) is 5.75 Å². The molecule has 1 amide bonds. The zero-order chi connectivity index (χ0) is 18.9. The third kappa shape index (κ3) is 5.51. The molecular formula is C20H23NO5. The van der Waals surface area contributed by atoms with Gasteiger partial charge in [0.1, 0.15) is 23.9 Å². The topological polar surface area (TPSA) is 73.9 Å². The van der Waals surface area contributed by atoms with Crippen molar-refractivity contribution in [2.75, 3.05) is 27.4 Å². The second-order valence-electron chi connectivity index (χ2n) is 5.63. The fraction of sp³-hybridized carbons (Fsp3) is 0.300. The molecule has 0 atom stereocenters. The molecular weight excluding hydrogens is 334 g/mol. The van der Waals surface area contributed by atoms with E-state index in [4.69, 9.17) is 14.2 Å². The fourth-order valence-electron chi connectivity index (χ4n) is 2.40. The van der Waals surface area contributed by atoms with Crippen LogP contribution in [0.4, 0.5) is 0 Å². The van der Waals surface area contributed by atoms with E-state index in [9.17, 15) is 9.59 Å². The van der Waals surface area contributed by atoms with Crippen molar-refractivity contribution in [2.45, 2.75) is 13.3 Å². The Labute approximate surface area is 153 Å². The number of rotatable bonds is 9. The lowest BCUT2D eigenvalue weighted by atomic mass is 10.0. The number of hydrogen-bond acceptors (Lipinski definition) is 5. The molecule has 0 aromatic heterocycles. The molecule has 0 heterocycles. The lowest BCUT2D eigenvalue weighted by Gasteiger charge is -2.11. The zero-order valence-corrected chi connectivity index (χ0v) is 15.2. The Kier molecular flexibility index (Phi) is 7.02. The molecule has 0 aliphatic heterocycles. The summed E-state index contributed by atoms with van der Waals surface area (Å²) in [4.78, 5) is 23.6. The summed E-state index contributed by atoms with van der Waals surface area (Å²) >= 11 is 0. The average Bonchev–Trinajstić information content (AvgIpc) is 2.65. The number of ether oxygens (including phenoxy) is 3. The van der Waals surface area contributed by atoms with Crippen molar-refractivity contribution in [3.63, 3.8) is 0 Å². The highest BCUT2D eigenvalue weighted by Crippen LogP contribution is 2.21. The normalized spacial score (nSPS) is 10.1. The predicted octanol–water partition coefficient (Wildman–Crippen LogP) is 2.64. The minimum Gasteiger partial charge on any atom is -0.497 e. The molecule has 0 saturated heterocycles. The van der Waals surface area contributed by atoms with Crippen LogP contribution in [0.1, 0.15) is 22.8 Å². The van der Waals surface area contributed by atoms with Crippen molar-refractivity contribution in [3.05, 3.63) is 53.6 Å². The van der Waals surface area contributed by atoms with Crippen molar-refractivity contribution in [3.8, 4) is 17.2 Å². The Bertz CT molecular complexity index is 755. The molecule has 0 spiro atoms. The smallest absolute Gasteiger partial charge is 0.224 e. The van der Waals surface area contributed by atoms with E-state index >= 15 is 0 Å². The molecule has 0 radical (unpaired) electrons. The number of carbonyl (C=O) groups is 2. The van der Waals surface area contributed by atoms with Crippen molar-refractivity contribution in [1.82, 2.24) is 5.32 Å². The Morgan fingerprint density at radius 3 is 2.27 bits per heavy atom. The van der Waals surface area contributed by atoms with Crippen LogP contribution in [0.3, 0.4) is 0 Å². The van der Waals surface area contributed by atoms with Crippen LogP contribution in [0.25, 0.3) is 0 Å². The lowest BCUT2D eigenvalue weighted by Crippen LogP contribution is -2.29. The summed E-state index contributed by atoms with van der Waals surface area (Å²) < 4.78 is 15.9. The van der Waals surface area contributed by atoms with Crippen molar-refractivity contribution >= 4 is 11.7 Å². The molecule has 0 bridgehead atoms. The first-order valence-electron chi connectivity index (χ1n) is 8.25. The summed E-state index contributed by atoms with van der Waals surface area (Å²) in [5, 5.41) is 2.79. The third-order valence-electron chi connectivity index (χ3n) is 3.79. The van der Waals surface area contributed by atoms with E-state index in [0.29, 0.717) is 35.8 Å². The van der Waals surface area contributed by atoms with Gasteiger partial charge in [-0.2, -0.15) is 0 Å². The minimum atomic E-state index is -0.165. The number of benzene rings is 2. The predicted molar refractivity (Wildman–Crippen MR) is 98.2 cm³/mol. The molecule has 0 unspecified atom stereocenters.